The summed E-state index contributed by atoms with van der Waals surface area (Å²) < 4.78 is 0. The Hall–Kier alpha value is -0.780. The standard InChI is InChI=1S/C13H14/c1-2-4-8(5-3-1)12-9-6-10-11(7-9)13(10)12/h1-5,9-13H,6-7H2. The Labute approximate surface area is 79.0 Å². The fourth-order valence-corrected chi connectivity index (χ4v) is 4.24. The van der Waals surface area contributed by atoms with Crippen LogP contribution in [0.1, 0.15) is 24.3 Å². The van der Waals surface area contributed by atoms with E-state index in [0.717, 1.165) is 29.6 Å². The second-order valence-electron chi connectivity index (χ2n) is 5.07. The number of benzene rings is 1. The molecule has 0 N–H and O–H groups in total. The van der Waals surface area contributed by atoms with Gasteiger partial charge >= 0.3 is 0 Å². The van der Waals surface area contributed by atoms with Crippen LogP contribution in [-0.2, 0) is 0 Å². The van der Waals surface area contributed by atoms with Gasteiger partial charge in [-0.25, -0.2) is 0 Å². The van der Waals surface area contributed by atoms with Crippen molar-refractivity contribution >= 4 is 0 Å². The van der Waals surface area contributed by atoms with Crippen LogP contribution < -0.4 is 0 Å². The van der Waals surface area contributed by atoms with Gasteiger partial charge in [0.1, 0.15) is 0 Å². The summed E-state index contributed by atoms with van der Waals surface area (Å²) in [7, 11) is 0. The van der Waals surface area contributed by atoms with Gasteiger partial charge in [0.05, 0.1) is 0 Å². The molecule has 0 radical (unpaired) electrons. The third-order valence-electron chi connectivity index (χ3n) is 4.65. The van der Waals surface area contributed by atoms with Crippen LogP contribution in [0.2, 0.25) is 0 Å². The predicted octanol–water partition coefficient (Wildman–Crippen LogP) is 3.06. The first-order valence-corrected chi connectivity index (χ1v) is 5.50. The lowest BCUT2D eigenvalue weighted by Crippen LogP contribution is -2.02. The quantitative estimate of drug-likeness (QED) is 0.607. The maximum absolute atomic E-state index is 2.33. The van der Waals surface area contributed by atoms with Crippen LogP contribution in [0.5, 0.6) is 0 Å². The number of rotatable bonds is 1. The van der Waals surface area contributed by atoms with Gasteiger partial charge in [0.15, 0.2) is 0 Å². The molecule has 4 bridgehead atoms. The van der Waals surface area contributed by atoms with E-state index < -0.39 is 0 Å². The van der Waals surface area contributed by atoms with Crippen LogP contribution in [0.3, 0.4) is 0 Å². The average molecular weight is 170 g/mol. The molecule has 0 aromatic heterocycles. The zero-order chi connectivity index (χ0) is 8.41. The SMILES string of the molecule is c1ccc(C2C3CC4C(C3)C42)cc1. The number of hydrogen-bond acceptors (Lipinski definition) is 0. The highest BCUT2D eigenvalue weighted by molar-refractivity contribution is 5.31. The Morgan fingerprint density at radius 2 is 1.62 bits per heavy atom. The molecule has 4 aliphatic carbocycles. The third-order valence-corrected chi connectivity index (χ3v) is 4.65. The molecule has 0 saturated heterocycles. The van der Waals surface area contributed by atoms with Gasteiger partial charge in [-0.05, 0) is 48.0 Å². The van der Waals surface area contributed by atoms with E-state index >= 15 is 0 Å². The van der Waals surface area contributed by atoms with Crippen LogP contribution in [0.25, 0.3) is 0 Å². The van der Waals surface area contributed by atoms with Crippen LogP contribution in [0.15, 0.2) is 30.3 Å². The minimum Gasteiger partial charge on any atom is -0.0622 e. The first-order chi connectivity index (χ1) is 6.45. The van der Waals surface area contributed by atoms with Gasteiger partial charge in [0.2, 0.25) is 0 Å². The minimum absolute atomic E-state index is 0.955. The summed E-state index contributed by atoms with van der Waals surface area (Å²) >= 11 is 0. The molecule has 0 spiro atoms. The molecule has 66 valence electrons. The lowest BCUT2D eigenvalue weighted by molar-refractivity contribution is 0.528. The molecule has 4 saturated carbocycles. The molecule has 4 aliphatic rings. The Kier molecular flexibility index (Phi) is 1.02. The van der Waals surface area contributed by atoms with Crippen LogP contribution in [0, 0.1) is 23.7 Å². The molecule has 3 atom stereocenters. The topological polar surface area (TPSA) is 0 Å². The summed E-state index contributed by atoms with van der Waals surface area (Å²) in [5.74, 6) is 5.41. The van der Waals surface area contributed by atoms with Gasteiger partial charge in [-0.15, -0.1) is 0 Å². The van der Waals surface area contributed by atoms with E-state index in [9.17, 15) is 0 Å². The normalized spacial score (nSPS) is 49.7. The Morgan fingerprint density at radius 1 is 0.923 bits per heavy atom. The minimum atomic E-state index is 0.955. The molecule has 4 fully saturated rings. The van der Waals surface area contributed by atoms with Crippen molar-refractivity contribution < 1.29 is 0 Å². The third kappa shape index (κ3) is 0.688. The van der Waals surface area contributed by atoms with Gasteiger partial charge in [-0.1, -0.05) is 30.3 Å². The van der Waals surface area contributed by atoms with E-state index in [2.05, 4.69) is 30.3 Å². The van der Waals surface area contributed by atoms with Crippen molar-refractivity contribution in [1.82, 2.24) is 0 Å². The lowest BCUT2D eigenvalue weighted by Gasteiger charge is -2.14. The largest absolute Gasteiger partial charge is 0.0622 e. The van der Waals surface area contributed by atoms with E-state index in [0.29, 0.717) is 0 Å². The molecular formula is C13H14. The molecule has 0 aliphatic heterocycles. The second-order valence-corrected chi connectivity index (χ2v) is 5.07. The summed E-state index contributed by atoms with van der Waals surface area (Å²) in [6.07, 6.45) is 3.10. The van der Waals surface area contributed by atoms with Crippen molar-refractivity contribution in [2.75, 3.05) is 0 Å². The van der Waals surface area contributed by atoms with Crippen molar-refractivity contribution in [3.05, 3.63) is 35.9 Å². The summed E-state index contributed by atoms with van der Waals surface area (Å²) in [5.41, 5.74) is 1.63. The van der Waals surface area contributed by atoms with Crippen LogP contribution in [0.4, 0.5) is 0 Å². The van der Waals surface area contributed by atoms with E-state index in [1.165, 1.54) is 0 Å². The van der Waals surface area contributed by atoms with Gasteiger partial charge in [-0.2, -0.15) is 0 Å². The monoisotopic (exact) mass is 170 g/mol. The molecule has 0 nitrogen and oxygen atoms in total. The van der Waals surface area contributed by atoms with Crippen molar-refractivity contribution in [2.45, 2.75) is 18.8 Å². The van der Waals surface area contributed by atoms with Gasteiger partial charge in [0, 0.05) is 0 Å². The molecule has 0 heteroatoms. The second kappa shape index (κ2) is 2.00. The summed E-state index contributed by atoms with van der Waals surface area (Å²) in [6, 6.07) is 11.2. The molecule has 1 aromatic rings. The van der Waals surface area contributed by atoms with Crippen molar-refractivity contribution in [3.63, 3.8) is 0 Å². The molecule has 3 unspecified atom stereocenters. The van der Waals surface area contributed by atoms with Crippen molar-refractivity contribution in [1.29, 1.82) is 0 Å². The number of hydrogen-bond donors (Lipinski definition) is 0. The molecule has 1 aromatic carbocycles. The lowest BCUT2D eigenvalue weighted by atomic mass is 9.90. The highest BCUT2D eigenvalue weighted by atomic mass is 14.7. The molecular weight excluding hydrogens is 156 g/mol. The summed E-state index contributed by atoms with van der Waals surface area (Å²) in [6.45, 7) is 0. The Bertz CT molecular complexity index is 326. The van der Waals surface area contributed by atoms with Crippen molar-refractivity contribution in [2.24, 2.45) is 23.7 Å². The van der Waals surface area contributed by atoms with Crippen LogP contribution in [-0.4, -0.2) is 0 Å². The average Bonchev–Trinajstić information content (AvgIpc) is 2.65. The molecule has 0 heterocycles. The maximum atomic E-state index is 2.33. The summed E-state index contributed by atoms with van der Waals surface area (Å²) in [4.78, 5) is 0. The first kappa shape index (κ1) is 6.64. The zero-order valence-corrected chi connectivity index (χ0v) is 7.69. The fraction of sp³-hybridized carbons (Fsp3) is 0.538. The highest BCUT2D eigenvalue weighted by Gasteiger charge is 2.68. The van der Waals surface area contributed by atoms with Gasteiger partial charge in [0.25, 0.3) is 0 Å². The maximum Gasteiger partial charge on any atom is -0.00996 e. The van der Waals surface area contributed by atoms with E-state index in [4.69, 9.17) is 0 Å². The van der Waals surface area contributed by atoms with E-state index in [1.807, 2.05) is 0 Å². The summed E-state index contributed by atoms with van der Waals surface area (Å²) in [5, 5.41) is 0. The first-order valence-electron chi connectivity index (χ1n) is 5.50. The fourth-order valence-electron chi connectivity index (χ4n) is 4.24. The smallest absolute Gasteiger partial charge is 0.00996 e. The molecule has 0 amide bonds. The van der Waals surface area contributed by atoms with Crippen LogP contribution >= 0.6 is 0 Å². The predicted molar refractivity (Wildman–Crippen MR) is 52.4 cm³/mol. The molecule has 13 heavy (non-hydrogen) atoms. The zero-order valence-electron chi connectivity index (χ0n) is 7.69. The Morgan fingerprint density at radius 3 is 2.15 bits per heavy atom. The highest BCUT2D eigenvalue weighted by Crippen LogP contribution is 2.75. The van der Waals surface area contributed by atoms with Gasteiger partial charge in [-0.3, -0.25) is 0 Å². The molecule has 5 rings (SSSR count). The van der Waals surface area contributed by atoms with E-state index in [-0.39, 0.29) is 0 Å². The van der Waals surface area contributed by atoms with Crippen molar-refractivity contribution in [3.8, 4) is 0 Å². The van der Waals surface area contributed by atoms with Gasteiger partial charge < -0.3 is 0 Å². The van der Waals surface area contributed by atoms with E-state index in [1.54, 1.807) is 18.4 Å². The Balaban J connectivity index is 1.77.